The molecule has 0 aliphatic rings. The summed E-state index contributed by atoms with van der Waals surface area (Å²) in [6.07, 6.45) is 0. The van der Waals surface area contributed by atoms with E-state index >= 15 is 0 Å². The number of nitrogens with two attached hydrogens (primary N) is 1. The van der Waals surface area contributed by atoms with E-state index in [1.54, 1.807) is 26.2 Å². The second kappa shape index (κ2) is 7.51. The van der Waals surface area contributed by atoms with Crippen LogP contribution in [0.2, 0.25) is 0 Å². The van der Waals surface area contributed by atoms with Gasteiger partial charge in [0.1, 0.15) is 29.7 Å². The molecule has 0 aliphatic heterocycles. The van der Waals surface area contributed by atoms with Crippen molar-refractivity contribution in [2.24, 2.45) is 0 Å². The van der Waals surface area contributed by atoms with Gasteiger partial charge in [0.25, 0.3) is 0 Å². The van der Waals surface area contributed by atoms with E-state index in [-0.39, 0.29) is 11.8 Å². The lowest BCUT2D eigenvalue weighted by Gasteiger charge is -2.14. The maximum Gasteiger partial charge on any atom is 0.336 e. The summed E-state index contributed by atoms with van der Waals surface area (Å²) in [7, 11) is 1.64. The van der Waals surface area contributed by atoms with Gasteiger partial charge in [-0.15, -0.1) is 0 Å². The molecular formula is C20H21BrNO4+. The smallest absolute Gasteiger partial charge is 0.336 e. The summed E-state index contributed by atoms with van der Waals surface area (Å²) in [5.74, 6) is 0.918. The fourth-order valence-corrected chi connectivity index (χ4v) is 3.55. The van der Waals surface area contributed by atoms with Gasteiger partial charge in [-0.05, 0) is 60.1 Å². The molecule has 0 spiro atoms. The van der Waals surface area contributed by atoms with Gasteiger partial charge in [0.05, 0.1) is 11.6 Å². The number of quaternary nitrogens is 1. The Labute approximate surface area is 159 Å². The third kappa shape index (κ3) is 3.61. The number of ether oxygens (including phenoxy) is 1. The third-order valence-electron chi connectivity index (χ3n) is 4.61. The quantitative estimate of drug-likeness (QED) is 0.622. The molecule has 0 saturated carbocycles. The van der Waals surface area contributed by atoms with Crippen LogP contribution in [-0.4, -0.2) is 12.2 Å². The predicted molar refractivity (Wildman–Crippen MR) is 104 cm³/mol. The van der Waals surface area contributed by atoms with Crippen molar-refractivity contribution in [1.29, 1.82) is 0 Å². The minimum Gasteiger partial charge on any atom is -0.508 e. The summed E-state index contributed by atoms with van der Waals surface area (Å²) in [6, 6.07) is 11.1. The van der Waals surface area contributed by atoms with E-state index in [0.717, 1.165) is 26.7 Å². The van der Waals surface area contributed by atoms with Gasteiger partial charge in [0.2, 0.25) is 0 Å². The van der Waals surface area contributed by atoms with Crippen LogP contribution >= 0.6 is 15.9 Å². The van der Waals surface area contributed by atoms with Crippen LogP contribution in [0.15, 0.2) is 50.1 Å². The van der Waals surface area contributed by atoms with Crippen LogP contribution in [-0.2, 0) is 6.54 Å². The summed E-state index contributed by atoms with van der Waals surface area (Å²) in [4.78, 5) is 11.9. The maximum absolute atomic E-state index is 11.9. The van der Waals surface area contributed by atoms with Crippen LogP contribution in [0.4, 0.5) is 0 Å². The molecule has 26 heavy (non-hydrogen) atoms. The van der Waals surface area contributed by atoms with E-state index in [9.17, 15) is 9.90 Å². The van der Waals surface area contributed by atoms with Gasteiger partial charge < -0.3 is 19.6 Å². The minimum absolute atomic E-state index is 0.123. The van der Waals surface area contributed by atoms with E-state index < -0.39 is 5.63 Å². The highest BCUT2D eigenvalue weighted by Crippen LogP contribution is 2.28. The molecule has 0 unspecified atom stereocenters. The third-order valence-corrected chi connectivity index (χ3v) is 5.23. The zero-order chi connectivity index (χ0) is 18.8. The number of hydrogen-bond donors (Lipinski definition) is 2. The topological polar surface area (TPSA) is 76.3 Å². The van der Waals surface area contributed by atoms with Crippen LogP contribution in [0.25, 0.3) is 11.0 Å². The molecule has 0 amide bonds. The number of phenolic OH excluding ortho intramolecular Hbond substituents is 1. The zero-order valence-corrected chi connectivity index (χ0v) is 16.5. The van der Waals surface area contributed by atoms with E-state index in [4.69, 9.17) is 9.15 Å². The van der Waals surface area contributed by atoms with E-state index in [0.29, 0.717) is 17.7 Å². The fourth-order valence-electron chi connectivity index (χ4n) is 2.99. The molecule has 136 valence electrons. The Kier molecular flexibility index (Phi) is 5.34. The van der Waals surface area contributed by atoms with Crippen LogP contribution in [0.1, 0.15) is 29.7 Å². The summed E-state index contributed by atoms with van der Waals surface area (Å²) in [5.41, 5.74) is 2.65. The number of fused-ring (bicyclic) bond motifs is 1. The van der Waals surface area contributed by atoms with Crippen molar-refractivity contribution in [3.8, 4) is 11.5 Å². The summed E-state index contributed by atoms with van der Waals surface area (Å²) < 4.78 is 11.5. The van der Waals surface area contributed by atoms with Crippen molar-refractivity contribution in [2.45, 2.75) is 26.4 Å². The Balaban J connectivity index is 1.86. The Hall–Kier alpha value is -2.31. The lowest BCUT2D eigenvalue weighted by atomic mass is 10.0. The van der Waals surface area contributed by atoms with E-state index in [1.165, 1.54) is 6.07 Å². The molecule has 1 atom stereocenters. The van der Waals surface area contributed by atoms with Crippen molar-refractivity contribution in [1.82, 2.24) is 0 Å². The van der Waals surface area contributed by atoms with Gasteiger partial charge in [-0.25, -0.2) is 4.79 Å². The van der Waals surface area contributed by atoms with Crippen molar-refractivity contribution >= 4 is 26.9 Å². The first-order valence-electron chi connectivity index (χ1n) is 8.32. The van der Waals surface area contributed by atoms with Gasteiger partial charge in [-0.3, -0.25) is 0 Å². The average molecular weight is 419 g/mol. The highest BCUT2D eigenvalue weighted by Gasteiger charge is 2.15. The molecule has 3 rings (SSSR count). The molecule has 2 aromatic carbocycles. The highest BCUT2D eigenvalue weighted by atomic mass is 79.9. The van der Waals surface area contributed by atoms with Gasteiger partial charge in [-0.2, -0.15) is 0 Å². The fraction of sp³-hybridized carbons (Fsp3) is 0.250. The number of aromatic hydroxyl groups is 1. The Morgan fingerprint density at radius 2 is 2.04 bits per heavy atom. The molecule has 1 aromatic heterocycles. The number of aryl methyl sites for hydroxylation is 1. The standard InChI is InChI=1S/C20H20BrNO4/c1-11-17(23)6-5-15-14(9-19(24)26-20(11)15)10-22-12(2)13-4-7-18(25-3)16(21)8-13/h4-9,12,22-23H,10H2,1-3H3/p+1/t12-/m0/s1. The molecule has 1 heterocycles. The first kappa shape index (κ1) is 18.5. The molecule has 0 aliphatic carbocycles. The number of hydrogen-bond acceptors (Lipinski definition) is 4. The summed E-state index contributed by atoms with van der Waals surface area (Å²) in [5, 5.41) is 12.9. The Bertz CT molecular complexity index is 1010. The lowest BCUT2D eigenvalue weighted by Crippen LogP contribution is -2.83. The monoisotopic (exact) mass is 418 g/mol. The summed E-state index contributed by atoms with van der Waals surface area (Å²) >= 11 is 3.51. The number of halogens is 1. The molecule has 3 N–H and O–H groups in total. The summed E-state index contributed by atoms with van der Waals surface area (Å²) in [6.45, 7) is 4.47. The van der Waals surface area contributed by atoms with Crippen LogP contribution in [0.3, 0.4) is 0 Å². The normalized spacial score (nSPS) is 12.3. The van der Waals surface area contributed by atoms with Crippen molar-refractivity contribution < 1.29 is 19.6 Å². The Morgan fingerprint density at radius 3 is 2.73 bits per heavy atom. The number of benzene rings is 2. The van der Waals surface area contributed by atoms with Crippen LogP contribution < -0.4 is 15.7 Å². The first-order chi connectivity index (χ1) is 12.4. The Morgan fingerprint density at radius 1 is 1.27 bits per heavy atom. The molecule has 0 bridgehead atoms. The van der Waals surface area contributed by atoms with Gasteiger partial charge in [-0.1, -0.05) is 0 Å². The van der Waals surface area contributed by atoms with Crippen molar-refractivity contribution in [3.63, 3.8) is 0 Å². The number of methoxy groups -OCH3 is 1. The number of rotatable bonds is 5. The van der Waals surface area contributed by atoms with Crippen LogP contribution in [0.5, 0.6) is 11.5 Å². The SMILES string of the molecule is COc1ccc([C@H](C)[NH2+]Cc2cc(=O)oc3c(C)c(O)ccc23)cc1Br. The molecular weight excluding hydrogens is 398 g/mol. The van der Waals surface area contributed by atoms with Gasteiger partial charge >= 0.3 is 5.63 Å². The largest absolute Gasteiger partial charge is 0.508 e. The minimum atomic E-state index is -0.408. The van der Waals surface area contributed by atoms with Crippen LogP contribution in [0, 0.1) is 6.92 Å². The predicted octanol–water partition coefficient (Wildman–Crippen LogP) is 3.40. The lowest BCUT2D eigenvalue weighted by molar-refractivity contribution is -0.707. The highest BCUT2D eigenvalue weighted by molar-refractivity contribution is 9.10. The molecule has 6 heteroatoms. The molecule has 5 nitrogen and oxygen atoms in total. The zero-order valence-electron chi connectivity index (χ0n) is 14.9. The second-order valence-electron chi connectivity index (χ2n) is 6.30. The maximum atomic E-state index is 11.9. The molecule has 0 radical (unpaired) electrons. The van der Waals surface area contributed by atoms with E-state index in [2.05, 4.69) is 28.2 Å². The average Bonchev–Trinajstić information content (AvgIpc) is 2.62. The van der Waals surface area contributed by atoms with Crippen molar-refractivity contribution in [2.75, 3.05) is 7.11 Å². The molecule has 0 fully saturated rings. The molecule has 3 aromatic rings. The molecule has 0 saturated heterocycles. The second-order valence-corrected chi connectivity index (χ2v) is 7.15. The van der Waals surface area contributed by atoms with Crippen molar-refractivity contribution in [3.05, 3.63) is 68.0 Å². The van der Waals surface area contributed by atoms with Gasteiger partial charge in [0.15, 0.2) is 0 Å². The van der Waals surface area contributed by atoms with E-state index in [1.807, 2.05) is 18.2 Å². The van der Waals surface area contributed by atoms with Gasteiger partial charge in [0, 0.05) is 28.1 Å². The number of phenols is 1. The first-order valence-corrected chi connectivity index (χ1v) is 9.12.